The molecule has 5 nitrogen and oxygen atoms in total. The predicted molar refractivity (Wildman–Crippen MR) is 97.9 cm³/mol. The summed E-state index contributed by atoms with van der Waals surface area (Å²) in [5, 5.41) is 5.45. The molecule has 2 N–H and O–H groups in total. The van der Waals surface area contributed by atoms with Crippen molar-refractivity contribution in [2.24, 2.45) is 0 Å². The van der Waals surface area contributed by atoms with Crippen LogP contribution in [0.25, 0.3) is 5.69 Å². The third-order valence-corrected chi connectivity index (χ3v) is 3.89. The van der Waals surface area contributed by atoms with Crippen LogP contribution < -0.4 is 10.6 Å². The van der Waals surface area contributed by atoms with Gasteiger partial charge < -0.3 is 15.2 Å². The Kier molecular flexibility index (Phi) is 4.95. The lowest BCUT2D eigenvalue weighted by Crippen LogP contribution is -2.19. The lowest BCUT2D eigenvalue weighted by atomic mass is 10.1. The molecule has 0 saturated carbocycles. The number of anilines is 1. The standard InChI is InChI=1S/C20H19N3O2/c1-21-19(24)14-15-4-8-17(9-5-15)22-20(25)16-6-10-18(11-7-16)23-12-2-3-13-23/h2-13H,14H2,1H3,(H,21,24)(H,22,25). The summed E-state index contributed by atoms with van der Waals surface area (Å²) in [7, 11) is 1.61. The number of rotatable bonds is 5. The molecule has 1 heterocycles. The quantitative estimate of drug-likeness (QED) is 0.754. The van der Waals surface area contributed by atoms with Crippen LogP contribution in [0.5, 0.6) is 0 Å². The van der Waals surface area contributed by atoms with Gasteiger partial charge in [-0.05, 0) is 54.1 Å². The van der Waals surface area contributed by atoms with Crippen molar-refractivity contribution in [2.75, 3.05) is 12.4 Å². The van der Waals surface area contributed by atoms with Crippen LogP contribution in [0.2, 0.25) is 0 Å². The van der Waals surface area contributed by atoms with Crippen molar-refractivity contribution >= 4 is 17.5 Å². The Morgan fingerprint density at radius 3 is 2.16 bits per heavy atom. The first-order valence-electron chi connectivity index (χ1n) is 8.00. The molecule has 5 heteroatoms. The van der Waals surface area contributed by atoms with E-state index in [-0.39, 0.29) is 11.8 Å². The second-order valence-electron chi connectivity index (χ2n) is 5.64. The third kappa shape index (κ3) is 4.14. The van der Waals surface area contributed by atoms with Gasteiger partial charge in [0.25, 0.3) is 5.91 Å². The van der Waals surface area contributed by atoms with Gasteiger partial charge in [-0.3, -0.25) is 9.59 Å². The van der Waals surface area contributed by atoms with E-state index in [0.717, 1.165) is 11.3 Å². The normalized spacial score (nSPS) is 10.3. The summed E-state index contributed by atoms with van der Waals surface area (Å²) in [5.74, 6) is -0.210. The summed E-state index contributed by atoms with van der Waals surface area (Å²) in [6.45, 7) is 0. The van der Waals surface area contributed by atoms with Crippen LogP contribution >= 0.6 is 0 Å². The van der Waals surface area contributed by atoms with E-state index in [9.17, 15) is 9.59 Å². The summed E-state index contributed by atoms with van der Waals surface area (Å²) < 4.78 is 1.98. The maximum atomic E-state index is 12.3. The fraction of sp³-hybridized carbons (Fsp3) is 0.100. The highest BCUT2D eigenvalue weighted by Gasteiger charge is 2.07. The minimum atomic E-state index is -0.168. The number of aromatic nitrogens is 1. The number of nitrogens with zero attached hydrogens (tertiary/aromatic N) is 1. The minimum Gasteiger partial charge on any atom is -0.359 e. The molecule has 0 bridgehead atoms. The third-order valence-electron chi connectivity index (χ3n) is 3.89. The molecular formula is C20H19N3O2. The Hall–Kier alpha value is -3.34. The van der Waals surface area contributed by atoms with E-state index in [1.165, 1.54) is 0 Å². The fourth-order valence-electron chi connectivity index (χ4n) is 2.47. The molecule has 0 aliphatic rings. The molecule has 0 radical (unpaired) electrons. The molecule has 126 valence electrons. The first-order chi connectivity index (χ1) is 12.2. The lowest BCUT2D eigenvalue weighted by molar-refractivity contribution is -0.119. The number of benzene rings is 2. The molecule has 25 heavy (non-hydrogen) atoms. The van der Waals surface area contributed by atoms with E-state index in [4.69, 9.17) is 0 Å². The molecule has 0 aliphatic heterocycles. The van der Waals surface area contributed by atoms with Crippen LogP contribution in [0.1, 0.15) is 15.9 Å². The molecule has 0 aliphatic carbocycles. The molecule has 2 amide bonds. The van der Waals surface area contributed by atoms with Crippen LogP contribution in [-0.2, 0) is 11.2 Å². The van der Waals surface area contributed by atoms with Crippen molar-refractivity contribution in [1.29, 1.82) is 0 Å². The molecule has 0 fully saturated rings. The first-order valence-corrected chi connectivity index (χ1v) is 8.00. The highest BCUT2D eigenvalue weighted by molar-refractivity contribution is 6.04. The zero-order valence-corrected chi connectivity index (χ0v) is 13.9. The number of carbonyl (C=O) groups is 2. The van der Waals surface area contributed by atoms with Gasteiger partial charge in [-0.2, -0.15) is 0 Å². The van der Waals surface area contributed by atoms with E-state index in [2.05, 4.69) is 10.6 Å². The first kappa shape index (κ1) is 16.5. The zero-order chi connectivity index (χ0) is 17.6. The summed E-state index contributed by atoms with van der Waals surface area (Å²) in [6, 6.07) is 18.6. The van der Waals surface area contributed by atoms with Gasteiger partial charge in [0, 0.05) is 36.4 Å². The number of hydrogen-bond donors (Lipinski definition) is 2. The molecule has 0 spiro atoms. The average Bonchev–Trinajstić information content (AvgIpc) is 3.18. The van der Waals surface area contributed by atoms with Crippen molar-refractivity contribution in [3.63, 3.8) is 0 Å². The Labute approximate surface area is 146 Å². The minimum absolute atomic E-state index is 0.0421. The van der Waals surface area contributed by atoms with Gasteiger partial charge in [-0.25, -0.2) is 0 Å². The maximum absolute atomic E-state index is 12.3. The Bertz CT molecular complexity index is 851. The topological polar surface area (TPSA) is 63.1 Å². The maximum Gasteiger partial charge on any atom is 0.255 e. The van der Waals surface area contributed by atoms with Gasteiger partial charge in [-0.15, -0.1) is 0 Å². The zero-order valence-electron chi connectivity index (χ0n) is 13.9. The largest absolute Gasteiger partial charge is 0.359 e. The molecule has 3 rings (SSSR count). The highest BCUT2D eigenvalue weighted by Crippen LogP contribution is 2.14. The van der Waals surface area contributed by atoms with Gasteiger partial charge in [0.2, 0.25) is 5.91 Å². The summed E-state index contributed by atoms with van der Waals surface area (Å²) in [5.41, 5.74) is 3.18. The molecule has 0 saturated heterocycles. The number of nitrogens with one attached hydrogen (secondary N) is 2. The monoisotopic (exact) mass is 333 g/mol. The van der Waals surface area contributed by atoms with Crippen LogP contribution in [0, 0.1) is 0 Å². The smallest absolute Gasteiger partial charge is 0.255 e. The molecular weight excluding hydrogens is 314 g/mol. The van der Waals surface area contributed by atoms with E-state index >= 15 is 0 Å². The summed E-state index contributed by atoms with van der Waals surface area (Å²) in [6.07, 6.45) is 4.23. The molecule has 3 aromatic rings. The van der Waals surface area contributed by atoms with Gasteiger partial charge >= 0.3 is 0 Å². The molecule has 1 aromatic heterocycles. The summed E-state index contributed by atoms with van der Waals surface area (Å²) in [4.78, 5) is 23.7. The van der Waals surface area contributed by atoms with Crippen LogP contribution in [-0.4, -0.2) is 23.4 Å². The number of hydrogen-bond acceptors (Lipinski definition) is 2. The van der Waals surface area contributed by atoms with Gasteiger partial charge in [-0.1, -0.05) is 12.1 Å². The van der Waals surface area contributed by atoms with Gasteiger partial charge in [0.05, 0.1) is 6.42 Å². The summed E-state index contributed by atoms with van der Waals surface area (Å²) >= 11 is 0. The fourth-order valence-corrected chi connectivity index (χ4v) is 2.47. The van der Waals surface area contributed by atoms with Crippen molar-refractivity contribution in [3.8, 4) is 5.69 Å². The molecule has 0 atom stereocenters. The van der Waals surface area contributed by atoms with E-state index in [0.29, 0.717) is 17.7 Å². The van der Waals surface area contributed by atoms with Gasteiger partial charge in [0.15, 0.2) is 0 Å². The second-order valence-corrected chi connectivity index (χ2v) is 5.64. The lowest BCUT2D eigenvalue weighted by Gasteiger charge is -2.08. The van der Waals surface area contributed by atoms with Gasteiger partial charge in [0.1, 0.15) is 0 Å². The predicted octanol–water partition coefficient (Wildman–Crippen LogP) is 3.02. The number of amides is 2. The highest BCUT2D eigenvalue weighted by atomic mass is 16.2. The van der Waals surface area contributed by atoms with E-state index in [1.54, 1.807) is 31.3 Å². The van der Waals surface area contributed by atoms with Crippen molar-refractivity contribution in [3.05, 3.63) is 84.2 Å². The van der Waals surface area contributed by atoms with E-state index < -0.39 is 0 Å². The number of carbonyl (C=O) groups excluding carboxylic acids is 2. The Morgan fingerprint density at radius 2 is 1.56 bits per heavy atom. The number of likely N-dealkylation sites (N-methyl/N-ethyl adjacent to an activating group) is 1. The Morgan fingerprint density at radius 1 is 0.920 bits per heavy atom. The van der Waals surface area contributed by atoms with Crippen molar-refractivity contribution < 1.29 is 9.59 Å². The average molecular weight is 333 g/mol. The second kappa shape index (κ2) is 7.49. The van der Waals surface area contributed by atoms with Crippen LogP contribution in [0.15, 0.2) is 73.1 Å². The Balaban J connectivity index is 1.64. The van der Waals surface area contributed by atoms with Crippen LogP contribution in [0.3, 0.4) is 0 Å². The molecule has 0 unspecified atom stereocenters. The van der Waals surface area contributed by atoms with Crippen LogP contribution in [0.4, 0.5) is 5.69 Å². The van der Waals surface area contributed by atoms with Crippen molar-refractivity contribution in [1.82, 2.24) is 9.88 Å². The molecule has 2 aromatic carbocycles. The van der Waals surface area contributed by atoms with E-state index in [1.807, 2.05) is 53.4 Å². The SMILES string of the molecule is CNC(=O)Cc1ccc(NC(=O)c2ccc(-n3cccc3)cc2)cc1. The van der Waals surface area contributed by atoms with Crippen molar-refractivity contribution in [2.45, 2.75) is 6.42 Å².